The van der Waals surface area contributed by atoms with Crippen LogP contribution in [-0.4, -0.2) is 64.7 Å². The average Bonchev–Trinajstić information content (AvgIpc) is 2.85. The van der Waals surface area contributed by atoms with E-state index in [1.54, 1.807) is 49.6 Å². The van der Waals surface area contributed by atoms with Crippen molar-refractivity contribution in [2.75, 3.05) is 37.9 Å². The van der Waals surface area contributed by atoms with Gasteiger partial charge in [-0.25, -0.2) is 8.42 Å². The number of ether oxygens (including phenoxy) is 2. The summed E-state index contributed by atoms with van der Waals surface area (Å²) in [6.07, 6.45) is 2.14. The maximum Gasteiger partial charge on any atom is 0.244 e. The Kier molecular flexibility index (Phi) is 10.4. The summed E-state index contributed by atoms with van der Waals surface area (Å²) in [5.74, 6) is 0.138. The third-order valence-electron chi connectivity index (χ3n) is 5.46. The molecule has 0 aliphatic heterocycles. The fraction of sp³-hybridized carbons (Fsp3) is 0.440. The Morgan fingerprint density at radius 3 is 2.34 bits per heavy atom. The number of carbonyl (C=O) groups is 2. The summed E-state index contributed by atoms with van der Waals surface area (Å²) in [5.41, 5.74) is 0.998. The van der Waals surface area contributed by atoms with Crippen molar-refractivity contribution in [1.82, 2.24) is 10.2 Å². The number of nitrogens with one attached hydrogen (secondary N) is 1. The standard InChI is InChI=1S/C25H35N3O6S/c1-6-15-26-25(30)21(7-2)27(17-19-11-10-12-20(16-19)33-3)24(29)18-28(35(5,31)32)22-13-8-9-14-23(22)34-4/h8-14,16,21H,6-7,15,17-18H2,1-5H3,(H,26,30). The van der Waals surface area contributed by atoms with Crippen molar-refractivity contribution in [3.05, 3.63) is 54.1 Å². The Morgan fingerprint density at radius 1 is 1.03 bits per heavy atom. The molecule has 0 radical (unpaired) electrons. The van der Waals surface area contributed by atoms with Crippen LogP contribution in [0.4, 0.5) is 5.69 Å². The van der Waals surface area contributed by atoms with Crippen molar-refractivity contribution >= 4 is 27.5 Å². The third-order valence-corrected chi connectivity index (χ3v) is 6.58. The number of carbonyl (C=O) groups excluding carboxylic acids is 2. The van der Waals surface area contributed by atoms with Crippen LogP contribution in [0.25, 0.3) is 0 Å². The molecule has 0 fully saturated rings. The molecule has 0 bridgehead atoms. The van der Waals surface area contributed by atoms with E-state index in [0.717, 1.165) is 22.5 Å². The molecule has 1 unspecified atom stereocenters. The molecule has 2 aromatic rings. The molecule has 2 amide bonds. The van der Waals surface area contributed by atoms with Crippen LogP contribution in [0.5, 0.6) is 11.5 Å². The smallest absolute Gasteiger partial charge is 0.244 e. The third kappa shape index (κ3) is 7.61. The second kappa shape index (κ2) is 13.0. The molecular formula is C25H35N3O6S. The minimum Gasteiger partial charge on any atom is -0.497 e. The first-order chi connectivity index (χ1) is 16.7. The zero-order chi connectivity index (χ0) is 26.0. The van der Waals surface area contributed by atoms with E-state index < -0.39 is 28.5 Å². The van der Waals surface area contributed by atoms with Gasteiger partial charge in [0.05, 0.1) is 26.2 Å². The molecule has 0 saturated heterocycles. The molecule has 1 N–H and O–H groups in total. The number of nitrogens with zero attached hydrogens (tertiary/aromatic N) is 2. The molecule has 10 heteroatoms. The quantitative estimate of drug-likeness (QED) is 0.449. The van der Waals surface area contributed by atoms with Gasteiger partial charge in [-0.1, -0.05) is 38.1 Å². The summed E-state index contributed by atoms with van der Waals surface area (Å²) in [5, 5.41) is 2.85. The minimum atomic E-state index is -3.84. The molecule has 35 heavy (non-hydrogen) atoms. The molecular weight excluding hydrogens is 470 g/mol. The predicted molar refractivity (Wildman–Crippen MR) is 136 cm³/mol. The summed E-state index contributed by atoms with van der Waals surface area (Å²) in [4.78, 5) is 28.1. The van der Waals surface area contributed by atoms with Crippen LogP contribution in [0, 0.1) is 0 Å². The highest BCUT2D eigenvalue weighted by Gasteiger charge is 2.32. The average molecular weight is 506 g/mol. The van der Waals surface area contributed by atoms with E-state index in [9.17, 15) is 18.0 Å². The lowest BCUT2D eigenvalue weighted by atomic mass is 10.1. The van der Waals surface area contributed by atoms with E-state index in [1.807, 2.05) is 19.9 Å². The van der Waals surface area contributed by atoms with Crippen LogP contribution in [0.15, 0.2) is 48.5 Å². The van der Waals surface area contributed by atoms with Gasteiger partial charge in [0.2, 0.25) is 21.8 Å². The maximum absolute atomic E-state index is 13.7. The molecule has 2 aromatic carbocycles. The molecule has 0 aromatic heterocycles. The van der Waals surface area contributed by atoms with Gasteiger partial charge < -0.3 is 19.7 Å². The van der Waals surface area contributed by atoms with Gasteiger partial charge in [0, 0.05) is 13.1 Å². The van der Waals surface area contributed by atoms with Crippen LogP contribution < -0.4 is 19.1 Å². The van der Waals surface area contributed by atoms with E-state index >= 15 is 0 Å². The number of hydrogen-bond donors (Lipinski definition) is 1. The van der Waals surface area contributed by atoms with Crippen molar-refractivity contribution in [3.8, 4) is 11.5 Å². The number of rotatable bonds is 13. The molecule has 9 nitrogen and oxygen atoms in total. The summed E-state index contributed by atoms with van der Waals surface area (Å²) in [7, 11) is -0.864. The first-order valence-corrected chi connectivity index (χ1v) is 13.3. The van der Waals surface area contributed by atoms with E-state index in [4.69, 9.17) is 9.47 Å². The van der Waals surface area contributed by atoms with Crippen molar-refractivity contribution in [2.24, 2.45) is 0 Å². The van der Waals surface area contributed by atoms with Crippen molar-refractivity contribution < 1.29 is 27.5 Å². The summed E-state index contributed by atoms with van der Waals surface area (Å²) >= 11 is 0. The lowest BCUT2D eigenvalue weighted by molar-refractivity contribution is -0.140. The summed E-state index contributed by atoms with van der Waals surface area (Å²) in [6.45, 7) is 3.86. The Balaban J connectivity index is 2.47. The summed E-state index contributed by atoms with van der Waals surface area (Å²) < 4.78 is 37.1. The van der Waals surface area contributed by atoms with E-state index in [1.165, 1.54) is 12.0 Å². The number of anilines is 1. The number of hydrogen-bond acceptors (Lipinski definition) is 6. The second-order valence-electron chi connectivity index (χ2n) is 8.03. The molecule has 0 saturated carbocycles. The Bertz CT molecular complexity index is 1110. The SMILES string of the molecule is CCCNC(=O)C(CC)N(Cc1cccc(OC)c1)C(=O)CN(c1ccccc1OC)S(C)(=O)=O. The van der Waals surface area contributed by atoms with Crippen molar-refractivity contribution in [3.63, 3.8) is 0 Å². The first-order valence-electron chi connectivity index (χ1n) is 11.5. The summed E-state index contributed by atoms with van der Waals surface area (Å²) in [6, 6.07) is 13.0. The number of amides is 2. The number of benzene rings is 2. The van der Waals surface area contributed by atoms with Gasteiger partial charge in [0.1, 0.15) is 24.1 Å². The van der Waals surface area contributed by atoms with E-state index in [0.29, 0.717) is 24.5 Å². The van der Waals surface area contributed by atoms with Crippen LogP contribution in [0.2, 0.25) is 0 Å². The molecule has 1 atom stereocenters. The van der Waals surface area contributed by atoms with Gasteiger partial charge in [-0.2, -0.15) is 0 Å². The zero-order valence-electron chi connectivity index (χ0n) is 21.0. The monoisotopic (exact) mass is 505 g/mol. The largest absolute Gasteiger partial charge is 0.497 e. The number of sulfonamides is 1. The topological polar surface area (TPSA) is 105 Å². The Labute approximate surface area is 208 Å². The van der Waals surface area contributed by atoms with Crippen molar-refractivity contribution in [1.29, 1.82) is 0 Å². The highest BCUT2D eigenvalue weighted by molar-refractivity contribution is 7.92. The van der Waals surface area contributed by atoms with Crippen LogP contribution in [0.1, 0.15) is 32.3 Å². The van der Waals surface area contributed by atoms with E-state index in [-0.39, 0.29) is 18.1 Å². The van der Waals surface area contributed by atoms with Crippen LogP contribution >= 0.6 is 0 Å². The molecule has 0 heterocycles. The fourth-order valence-corrected chi connectivity index (χ4v) is 4.54. The first kappa shape index (κ1) is 28.0. The fourth-order valence-electron chi connectivity index (χ4n) is 3.68. The normalized spacial score (nSPS) is 11.9. The molecule has 2 rings (SSSR count). The Morgan fingerprint density at radius 2 is 1.74 bits per heavy atom. The zero-order valence-corrected chi connectivity index (χ0v) is 21.8. The van der Waals surface area contributed by atoms with Gasteiger partial charge in [-0.15, -0.1) is 0 Å². The van der Waals surface area contributed by atoms with Crippen molar-refractivity contribution in [2.45, 2.75) is 39.3 Å². The van der Waals surface area contributed by atoms with Gasteiger partial charge in [0.25, 0.3) is 0 Å². The molecule has 192 valence electrons. The lowest BCUT2D eigenvalue weighted by Crippen LogP contribution is -2.52. The van der Waals surface area contributed by atoms with Gasteiger partial charge in [0.15, 0.2) is 0 Å². The highest BCUT2D eigenvalue weighted by Crippen LogP contribution is 2.30. The number of para-hydroxylation sites is 2. The van der Waals surface area contributed by atoms with Crippen LogP contribution in [-0.2, 0) is 26.2 Å². The minimum absolute atomic E-state index is 0.109. The molecule has 0 aliphatic carbocycles. The van der Waals surface area contributed by atoms with E-state index in [2.05, 4.69) is 5.32 Å². The van der Waals surface area contributed by atoms with Crippen LogP contribution in [0.3, 0.4) is 0 Å². The van der Waals surface area contributed by atoms with Gasteiger partial charge in [-0.3, -0.25) is 13.9 Å². The van der Waals surface area contributed by atoms with Gasteiger partial charge in [-0.05, 0) is 42.7 Å². The predicted octanol–water partition coefficient (Wildman–Crippen LogP) is 2.80. The lowest BCUT2D eigenvalue weighted by Gasteiger charge is -2.33. The second-order valence-corrected chi connectivity index (χ2v) is 9.94. The maximum atomic E-state index is 13.7. The highest BCUT2D eigenvalue weighted by atomic mass is 32.2. The Hall–Kier alpha value is -3.27. The molecule has 0 spiro atoms. The number of methoxy groups -OCH3 is 2. The molecule has 0 aliphatic rings. The van der Waals surface area contributed by atoms with Gasteiger partial charge >= 0.3 is 0 Å².